The summed E-state index contributed by atoms with van der Waals surface area (Å²) >= 11 is 0. The number of anilines is 1. The van der Waals surface area contributed by atoms with Crippen LogP contribution in [0.3, 0.4) is 0 Å². The fraction of sp³-hybridized carbons (Fsp3) is 0.588. The van der Waals surface area contributed by atoms with Crippen LogP contribution in [0.5, 0.6) is 0 Å². The molecular formula is C17H27N3O. The van der Waals surface area contributed by atoms with Gasteiger partial charge in [0.25, 0.3) is 0 Å². The zero-order valence-electron chi connectivity index (χ0n) is 13.0. The van der Waals surface area contributed by atoms with Gasteiger partial charge in [0, 0.05) is 24.8 Å². The molecule has 1 fully saturated rings. The van der Waals surface area contributed by atoms with Gasteiger partial charge in [-0.2, -0.15) is 0 Å². The molecule has 0 aromatic heterocycles. The third kappa shape index (κ3) is 5.38. The number of nitrogens with zero attached hydrogens (tertiary/aromatic N) is 1. The van der Waals surface area contributed by atoms with Crippen LogP contribution >= 0.6 is 0 Å². The average Bonchev–Trinajstić information content (AvgIpc) is 2.46. The van der Waals surface area contributed by atoms with Crippen molar-refractivity contribution in [1.82, 2.24) is 10.2 Å². The van der Waals surface area contributed by atoms with E-state index in [9.17, 15) is 4.79 Å². The maximum atomic E-state index is 12.1. The van der Waals surface area contributed by atoms with Crippen molar-refractivity contribution in [2.24, 2.45) is 0 Å². The number of rotatable bonds is 6. The van der Waals surface area contributed by atoms with Crippen molar-refractivity contribution in [3.63, 3.8) is 0 Å². The number of benzene rings is 1. The first-order valence-corrected chi connectivity index (χ1v) is 8.03. The van der Waals surface area contributed by atoms with Crippen LogP contribution in [0.15, 0.2) is 24.3 Å². The van der Waals surface area contributed by atoms with Crippen LogP contribution in [0, 0.1) is 0 Å². The summed E-state index contributed by atoms with van der Waals surface area (Å²) < 4.78 is 0. The summed E-state index contributed by atoms with van der Waals surface area (Å²) in [4.78, 5) is 14.6. The molecule has 0 bridgehead atoms. The lowest BCUT2D eigenvalue weighted by molar-refractivity contribution is -0.121. The molecule has 0 spiro atoms. The standard InChI is InChI=1S/C17H27N3O/c1-2-3-9-20-10-7-16(8-11-20)19-17(21)13-14-5-4-6-15(18)12-14/h4-6,12,16H,2-3,7-11,13,18H2,1H3,(H,19,21). The normalized spacial score (nSPS) is 16.8. The van der Waals surface area contributed by atoms with E-state index in [0.29, 0.717) is 18.2 Å². The summed E-state index contributed by atoms with van der Waals surface area (Å²) in [6, 6.07) is 7.88. The van der Waals surface area contributed by atoms with Crippen LogP contribution in [0.1, 0.15) is 38.2 Å². The molecule has 1 heterocycles. The number of hydrogen-bond donors (Lipinski definition) is 2. The molecule has 2 rings (SSSR count). The number of piperidine rings is 1. The predicted molar refractivity (Wildman–Crippen MR) is 87.1 cm³/mol. The molecule has 1 aliphatic rings. The van der Waals surface area contributed by atoms with E-state index in [2.05, 4.69) is 17.1 Å². The summed E-state index contributed by atoms with van der Waals surface area (Å²) in [5.74, 6) is 0.104. The largest absolute Gasteiger partial charge is 0.399 e. The lowest BCUT2D eigenvalue weighted by Gasteiger charge is -2.32. The lowest BCUT2D eigenvalue weighted by atomic mass is 10.0. The number of carbonyl (C=O) groups is 1. The van der Waals surface area contributed by atoms with Crippen LogP contribution < -0.4 is 11.1 Å². The zero-order chi connectivity index (χ0) is 15.1. The minimum atomic E-state index is 0.104. The molecule has 0 aliphatic carbocycles. The van der Waals surface area contributed by atoms with Gasteiger partial charge in [-0.15, -0.1) is 0 Å². The van der Waals surface area contributed by atoms with Crippen LogP contribution in [0.25, 0.3) is 0 Å². The molecule has 1 aromatic carbocycles. The van der Waals surface area contributed by atoms with Crippen LogP contribution in [0.4, 0.5) is 5.69 Å². The second-order valence-electron chi connectivity index (χ2n) is 5.96. The second-order valence-corrected chi connectivity index (χ2v) is 5.96. The fourth-order valence-electron chi connectivity index (χ4n) is 2.85. The molecule has 0 unspecified atom stereocenters. The molecule has 1 saturated heterocycles. The highest BCUT2D eigenvalue weighted by molar-refractivity contribution is 5.79. The molecule has 116 valence electrons. The van der Waals surface area contributed by atoms with E-state index < -0.39 is 0 Å². The third-order valence-electron chi connectivity index (χ3n) is 4.10. The van der Waals surface area contributed by atoms with Gasteiger partial charge in [0.1, 0.15) is 0 Å². The number of likely N-dealkylation sites (tertiary alicyclic amines) is 1. The number of nitrogens with two attached hydrogens (primary N) is 1. The first-order valence-electron chi connectivity index (χ1n) is 8.03. The van der Waals surface area contributed by atoms with Crippen LogP contribution in [-0.2, 0) is 11.2 Å². The zero-order valence-corrected chi connectivity index (χ0v) is 13.0. The number of nitrogens with one attached hydrogen (secondary N) is 1. The van der Waals surface area contributed by atoms with Gasteiger partial charge >= 0.3 is 0 Å². The van der Waals surface area contributed by atoms with Crippen molar-refractivity contribution in [1.29, 1.82) is 0 Å². The molecule has 1 aromatic rings. The molecule has 0 radical (unpaired) electrons. The van der Waals surface area contributed by atoms with Gasteiger partial charge in [-0.05, 0) is 43.5 Å². The average molecular weight is 289 g/mol. The first-order chi connectivity index (χ1) is 10.2. The van der Waals surface area contributed by atoms with Gasteiger partial charge in [0.05, 0.1) is 6.42 Å². The third-order valence-corrected chi connectivity index (χ3v) is 4.10. The quantitative estimate of drug-likeness (QED) is 0.789. The number of amides is 1. The summed E-state index contributed by atoms with van der Waals surface area (Å²) in [6.45, 7) is 5.62. The molecular weight excluding hydrogens is 262 g/mol. The molecule has 4 nitrogen and oxygen atoms in total. The smallest absolute Gasteiger partial charge is 0.224 e. The van der Waals surface area contributed by atoms with E-state index in [-0.39, 0.29) is 5.91 Å². The monoisotopic (exact) mass is 289 g/mol. The molecule has 0 atom stereocenters. The summed E-state index contributed by atoms with van der Waals surface area (Å²) in [5, 5.41) is 3.16. The highest BCUT2D eigenvalue weighted by Gasteiger charge is 2.20. The van der Waals surface area contributed by atoms with E-state index in [1.807, 2.05) is 24.3 Å². The topological polar surface area (TPSA) is 58.4 Å². The molecule has 3 N–H and O–H groups in total. The van der Waals surface area contributed by atoms with Gasteiger partial charge in [0.15, 0.2) is 0 Å². The first kappa shape index (κ1) is 15.8. The second kappa shape index (κ2) is 8.03. The number of hydrogen-bond acceptors (Lipinski definition) is 3. The molecule has 0 saturated carbocycles. The Bertz CT molecular complexity index is 453. The van der Waals surface area contributed by atoms with Gasteiger partial charge in [-0.1, -0.05) is 25.5 Å². The lowest BCUT2D eigenvalue weighted by Crippen LogP contribution is -2.45. The minimum Gasteiger partial charge on any atom is -0.399 e. The highest BCUT2D eigenvalue weighted by atomic mass is 16.1. The van der Waals surface area contributed by atoms with E-state index in [4.69, 9.17) is 5.73 Å². The number of nitrogen functional groups attached to an aromatic ring is 1. The Morgan fingerprint density at radius 2 is 2.14 bits per heavy atom. The van der Waals surface area contributed by atoms with Gasteiger partial charge in [-0.3, -0.25) is 4.79 Å². The Morgan fingerprint density at radius 3 is 2.81 bits per heavy atom. The van der Waals surface area contributed by atoms with E-state index >= 15 is 0 Å². The number of unbranched alkanes of at least 4 members (excludes halogenated alkanes) is 1. The van der Waals surface area contributed by atoms with E-state index in [0.717, 1.165) is 31.5 Å². The summed E-state index contributed by atoms with van der Waals surface area (Å²) in [5.41, 5.74) is 7.43. The summed E-state index contributed by atoms with van der Waals surface area (Å²) in [6.07, 6.45) is 5.06. The summed E-state index contributed by atoms with van der Waals surface area (Å²) in [7, 11) is 0. The Kier molecular flexibility index (Phi) is 6.05. The van der Waals surface area contributed by atoms with Crippen LogP contribution in [0.2, 0.25) is 0 Å². The van der Waals surface area contributed by atoms with Crippen molar-refractivity contribution in [2.75, 3.05) is 25.4 Å². The van der Waals surface area contributed by atoms with Gasteiger partial charge in [-0.25, -0.2) is 0 Å². The van der Waals surface area contributed by atoms with Crippen molar-refractivity contribution >= 4 is 11.6 Å². The predicted octanol–water partition coefficient (Wildman–Crippen LogP) is 2.19. The maximum Gasteiger partial charge on any atom is 0.224 e. The van der Waals surface area contributed by atoms with E-state index in [1.54, 1.807) is 0 Å². The van der Waals surface area contributed by atoms with E-state index in [1.165, 1.54) is 19.4 Å². The van der Waals surface area contributed by atoms with Crippen molar-refractivity contribution < 1.29 is 4.79 Å². The van der Waals surface area contributed by atoms with Gasteiger partial charge < -0.3 is 16.0 Å². The Morgan fingerprint density at radius 1 is 1.38 bits per heavy atom. The SMILES string of the molecule is CCCCN1CCC(NC(=O)Cc2cccc(N)c2)CC1. The molecule has 1 amide bonds. The van der Waals surface area contributed by atoms with Crippen molar-refractivity contribution in [3.8, 4) is 0 Å². The minimum absolute atomic E-state index is 0.104. The Balaban J connectivity index is 1.72. The fourth-order valence-corrected chi connectivity index (χ4v) is 2.85. The molecule has 21 heavy (non-hydrogen) atoms. The molecule has 1 aliphatic heterocycles. The Hall–Kier alpha value is -1.55. The van der Waals surface area contributed by atoms with Gasteiger partial charge in [0.2, 0.25) is 5.91 Å². The maximum absolute atomic E-state index is 12.1. The Labute approximate surface area is 127 Å². The molecule has 4 heteroatoms. The van der Waals surface area contributed by atoms with Crippen LogP contribution in [-0.4, -0.2) is 36.5 Å². The highest BCUT2D eigenvalue weighted by Crippen LogP contribution is 2.12. The van der Waals surface area contributed by atoms with Crippen molar-refractivity contribution in [2.45, 2.75) is 45.1 Å². The van der Waals surface area contributed by atoms with Crippen molar-refractivity contribution in [3.05, 3.63) is 29.8 Å². The number of carbonyl (C=O) groups excluding carboxylic acids is 1.